The van der Waals surface area contributed by atoms with Gasteiger partial charge in [0.25, 0.3) is 0 Å². The molecule has 0 rings (SSSR count). The van der Waals surface area contributed by atoms with Crippen LogP contribution < -0.4 is 0 Å². The minimum atomic E-state index is -3.11. The summed E-state index contributed by atoms with van der Waals surface area (Å²) in [5.74, 6) is 0. The summed E-state index contributed by atoms with van der Waals surface area (Å²) in [6.45, 7) is 0. The first-order valence-electron chi connectivity index (χ1n) is 0.500. The summed E-state index contributed by atoms with van der Waals surface area (Å²) in [5.41, 5.74) is 0. The summed E-state index contributed by atoms with van der Waals surface area (Å²) in [4.78, 5) is 0. The molecule has 0 aliphatic rings. The van der Waals surface area contributed by atoms with Crippen LogP contribution in [0.1, 0.15) is 0 Å². The zero-order valence-electron chi connectivity index (χ0n) is 2.72. The van der Waals surface area contributed by atoms with Crippen LogP contribution in [0.4, 0.5) is 0 Å². The van der Waals surface area contributed by atoms with E-state index in [4.69, 9.17) is 13.3 Å². The van der Waals surface area contributed by atoms with E-state index >= 15 is 0 Å². The Morgan fingerprint density at radius 3 is 1.33 bits per heavy atom. The van der Waals surface area contributed by atoms with Gasteiger partial charge in [-0.15, -0.1) is 11.4 Å². The van der Waals surface area contributed by atoms with Gasteiger partial charge < -0.3 is 9.11 Å². The molecule has 6 heteroatoms. The normalized spacial score (nSPS) is 5.83. The standard InChI is InChI=1S/Eu.H2O3S.Sr/c;1-4(2)3;/h;(H2,1,2,3);/q+3;;+2/p-2. The van der Waals surface area contributed by atoms with Crippen molar-refractivity contribution in [3.05, 3.63) is 0 Å². The Bertz CT molecular complexity index is 33.8. The van der Waals surface area contributed by atoms with Crippen LogP contribution >= 0.6 is 0 Å². The van der Waals surface area contributed by atoms with Gasteiger partial charge in [0.15, 0.2) is 0 Å². The zero-order valence-corrected chi connectivity index (χ0v) is 9.44. The fraction of sp³-hybridized carbons (Fsp3) is 0. The van der Waals surface area contributed by atoms with Crippen LogP contribution in [-0.4, -0.2) is 58.8 Å². The van der Waals surface area contributed by atoms with E-state index in [1.54, 1.807) is 0 Å². The molecule has 0 aliphatic heterocycles. The maximum absolute atomic E-state index is 8.44. The third kappa shape index (κ3) is 27.3. The van der Waals surface area contributed by atoms with E-state index in [1.807, 2.05) is 0 Å². The molecule has 0 saturated heterocycles. The van der Waals surface area contributed by atoms with Gasteiger partial charge in [-0.1, -0.05) is 0 Å². The molecular weight excluding hydrogens is 320 g/mol. The Balaban J connectivity index is -0.0000000450. The number of hydrogen-bond acceptors (Lipinski definition) is 3. The Labute approximate surface area is 116 Å². The zero-order chi connectivity index (χ0) is 3.58. The Kier molecular flexibility index (Phi) is 29.5. The molecule has 0 atom stereocenters. The van der Waals surface area contributed by atoms with Crippen molar-refractivity contribution in [2.45, 2.75) is 0 Å². The smallest absolute Gasteiger partial charge is 0.784 e. The molecule has 0 aromatic carbocycles. The maximum Gasteiger partial charge on any atom is 3.00 e. The molecule has 0 N–H and O–H groups in total. The predicted octanol–water partition coefficient (Wildman–Crippen LogP) is -1.38. The van der Waals surface area contributed by atoms with Gasteiger partial charge in [0.2, 0.25) is 0 Å². The molecule has 0 heterocycles. The summed E-state index contributed by atoms with van der Waals surface area (Å²) < 4.78 is 25.3. The van der Waals surface area contributed by atoms with Crippen molar-refractivity contribution in [2.75, 3.05) is 0 Å². The van der Waals surface area contributed by atoms with Crippen molar-refractivity contribution in [1.29, 1.82) is 0 Å². The van der Waals surface area contributed by atoms with Gasteiger partial charge in [-0.2, -0.15) is 0 Å². The third-order valence-corrected chi connectivity index (χ3v) is 0. The van der Waals surface area contributed by atoms with Crippen LogP contribution in [0.25, 0.3) is 0 Å². The van der Waals surface area contributed by atoms with Crippen molar-refractivity contribution < 1.29 is 62.7 Å². The summed E-state index contributed by atoms with van der Waals surface area (Å²) in [6, 6.07) is 0. The predicted molar refractivity (Wildman–Crippen MR) is 15.5 cm³/mol. The minimum absolute atomic E-state index is 0. The van der Waals surface area contributed by atoms with Gasteiger partial charge in [0, 0.05) is 0 Å². The van der Waals surface area contributed by atoms with Crippen LogP contribution in [0.5, 0.6) is 0 Å². The van der Waals surface area contributed by atoms with E-state index in [0.29, 0.717) is 0 Å². The fourth-order valence-electron chi connectivity index (χ4n) is 0. The van der Waals surface area contributed by atoms with Gasteiger partial charge in [-0.05, 0) is 0 Å². The number of rotatable bonds is 0. The number of hydrogen-bond donors (Lipinski definition) is 0. The van der Waals surface area contributed by atoms with Crippen molar-refractivity contribution in [2.24, 2.45) is 0 Å². The SMILES string of the molecule is O=S([O-])[O-].[Eu+3].[Sr+2]. The van der Waals surface area contributed by atoms with E-state index < -0.39 is 11.4 Å². The molecule has 0 aromatic heterocycles. The maximum atomic E-state index is 8.44. The van der Waals surface area contributed by atoms with Crippen LogP contribution in [0, 0.1) is 49.4 Å². The first-order valence-corrected chi connectivity index (χ1v) is 1.50. The largest absolute Gasteiger partial charge is 3.00 e. The molecule has 30 valence electrons. The van der Waals surface area contributed by atoms with Crippen molar-refractivity contribution in [3.63, 3.8) is 0 Å². The summed E-state index contributed by atoms with van der Waals surface area (Å²) >= 11 is -3.11. The molecule has 3 nitrogen and oxygen atoms in total. The molecule has 0 amide bonds. The van der Waals surface area contributed by atoms with Crippen LogP contribution in [0.15, 0.2) is 0 Å². The van der Waals surface area contributed by atoms with E-state index in [0.717, 1.165) is 0 Å². The topological polar surface area (TPSA) is 63.2 Å². The summed E-state index contributed by atoms with van der Waals surface area (Å²) in [6.07, 6.45) is 0. The second kappa shape index (κ2) is 11.0. The van der Waals surface area contributed by atoms with Crippen LogP contribution in [-0.2, 0) is 11.4 Å². The van der Waals surface area contributed by atoms with Crippen LogP contribution in [0.3, 0.4) is 0 Å². The molecule has 0 bridgehead atoms. The average molecular weight is 320 g/mol. The monoisotopic (exact) mass is 321 g/mol. The summed E-state index contributed by atoms with van der Waals surface area (Å²) in [5, 5.41) is 0. The Morgan fingerprint density at radius 1 is 1.33 bits per heavy atom. The molecule has 0 aromatic rings. The molecule has 0 unspecified atom stereocenters. The van der Waals surface area contributed by atoms with Crippen molar-refractivity contribution in [3.8, 4) is 0 Å². The van der Waals surface area contributed by atoms with E-state index in [1.165, 1.54) is 0 Å². The molecule has 0 radical (unpaired) electrons. The fourth-order valence-corrected chi connectivity index (χ4v) is 0. The van der Waals surface area contributed by atoms with Crippen LogP contribution in [0.2, 0.25) is 0 Å². The average Bonchev–Trinajstić information content (AvgIpc) is 0.811. The second-order valence-corrected chi connectivity index (χ2v) is 0.612. The van der Waals surface area contributed by atoms with Crippen molar-refractivity contribution in [1.82, 2.24) is 0 Å². The quantitative estimate of drug-likeness (QED) is 0.408. The molecule has 0 fully saturated rings. The molecular formula is EuO3SSr+3. The van der Waals surface area contributed by atoms with Crippen molar-refractivity contribution >= 4 is 56.8 Å². The molecule has 6 heavy (non-hydrogen) atoms. The first kappa shape index (κ1) is 16.1. The molecule has 0 saturated carbocycles. The van der Waals surface area contributed by atoms with Gasteiger partial charge in [-0.3, -0.25) is 4.21 Å². The Hall–Kier alpha value is 3.13. The molecule has 0 spiro atoms. The van der Waals surface area contributed by atoms with E-state index in [-0.39, 0.29) is 94.9 Å². The second-order valence-electron chi connectivity index (χ2n) is 0.204. The van der Waals surface area contributed by atoms with Gasteiger partial charge in [0.05, 0.1) is 0 Å². The third-order valence-electron chi connectivity index (χ3n) is 0. The minimum Gasteiger partial charge on any atom is -0.784 e. The van der Waals surface area contributed by atoms with Gasteiger partial charge in [-0.25, -0.2) is 0 Å². The van der Waals surface area contributed by atoms with Gasteiger partial charge in [0.1, 0.15) is 0 Å². The molecule has 0 aliphatic carbocycles. The summed E-state index contributed by atoms with van der Waals surface area (Å²) in [7, 11) is 0. The Morgan fingerprint density at radius 2 is 1.33 bits per heavy atom. The first-order chi connectivity index (χ1) is 1.73. The van der Waals surface area contributed by atoms with Gasteiger partial charge >= 0.3 is 94.9 Å². The van der Waals surface area contributed by atoms with E-state index in [2.05, 4.69) is 0 Å². The van der Waals surface area contributed by atoms with E-state index in [9.17, 15) is 0 Å².